The highest BCUT2D eigenvalue weighted by atomic mass is 16.5. The summed E-state index contributed by atoms with van der Waals surface area (Å²) in [5.74, 6) is -0.110. The van der Waals surface area contributed by atoms with Crippen molar-refractivity contribution in [2.45, 2.75) is 46.1 Å². The second-order valence-electron chi connectivity index (χ2n) is 4.04. The largest absolute Gasteiger partial charge is 0.458 e. The quantitative estimate of drug-likeness (QED) is 0.384. The first-order valence-electron chi connectivity index (χ1n) is 5.31. The highest BCUT2D eigenvalue weighted by molar-refractivity contribution is 5.92. The summed E-state index contributed by atoms with van der Waals surface area (Å²) in [7, 11) is 0. The summed E-state index contributed by atoms with van der Waals surface area (Å²) < 4.78 is 5.19. The second kappa shape index (κ2) is 7.05. The fraction of sp³-hybridized carbons (Fsp3) is 0.667. The molecule has 3 nitrogen and oxygen atoms in total. The van der Waals surface area contributed by atoms with Crippen molar-refractivity contribution in [3.8, 4) is 6.07 Å². The van der Waals surface area contributed by atoms with Crippen molar-refractivity contribution in [2.75, 3.05) is 0 Å². The van der Waals surface area contributed by atoms with Gasteiger partial charge in [0.15, 0.2) is 0 Å². The minimum atomic E-state index is -0.586. The Balaban J connectivity index is 4.22. The average Bonchev–Trinajstić information content (AvgIpc) is 2.15. The van der Waals surface area contributed by atoms with Crippen LogP contribution in [0, 0.1) is 17.2 Å². The van der Waals surface area contributed by atoms with E-state index in [-0.39, 0.29) is 11.7 Å². The Kier molecular flexibility index (Phi) is 6.44. The van der Waals surface area contributed by atoms with Gasteiger partial charge in [-0.3, -0.25) is 0 Å². The summed E-state index contributed by atoms with van der Waals surface area (Å²) >= 11 is 0. The van der Waals surface area contributed by atoms with Gasteiger partial charge in [-0.05, 0) is 18.8 Å². The van der Waals surface area contributed by atoms with Crippen molar-refractivity contribution < 1.29 is 9.53 Å². The fourth-order valence-electron chi connectivity index (χ4n) is 1.34. The second-order valence-corrected chi connectivity index (χ2v) is 4.04. The Morgan fingerprint density at radius 1 is 1.53 bits per heavy atom. The molecule has 0 rings (SSSR count). The zero-order valence-corrected chi connectivity index (χ0v) is 9.75. The third-order valence-corrected chi connectivity index (χ3v) is 2.00. The average molecular weight is 209 g/mol. The maximum Gasteiger partial charge on any atom is 0.348 e. The van der Waals surface area contributed by atoms with Crippen molar-refractivity contribution in [3.63, 3.8) is 0 Å². The van der Waals surface area contributed by atoms with Gasteiger partial charge in [0.2, 0.25) is 0 Å². The van der Waals surface area contributed by atoms with E-state index in [4.69, 9.17) is 10.00 Å². The highest BCUT2D eigenvalue weighted by Crippen LogP contribution is 2.14. The van der Waals surface area contributed by atoms with Crippen LogP contribution in [0.5, 0.6) is 0 Å². The van der Waals surface area contributed by atoms with E-state index in [0.717, 1.165) is 19.3 Å². The fourth-order valence-corrected chi connectivity index (χ4v) is 1.34. The summed E-state index contributed by atoms with van der Waals surface area (Å²) in [6.45, 7) is 9.53. The van der Waals surface area contributed by atoms with Crippen molar-refractivity contribution in [1.29, 1.82) is 5.26 Å². The number of carbonyl (C=O) groups is 1. The maximum atomic E-state index is 11.3. The van der Waals surface area contributed by atoms with Crippen LogP contribution in [0.4, 0.5) is 0 Å². The predicted octanol–water partition coefficient (Wildman–Crippen LogP) is 2.82. The lowest BCUT2D eigenvalue weighted by Gasteiger charge is -2.18. The Morgan fingerprint density at radius 3 is 2.53 bits per heavy atom. The SMILES string of the molecule is C=C(C#N)C(=O)OC(CCC)CC(C)C. The third kappa shape index (κ3) is 5.90. The zero-order chi connectivity index (χ0) is 11.8. The molecule has 0 N–H and O–H groups in total. The van der Waals surface area contributed by atoms with Crippen LogP contribution < -0.4 is 0 Å². The minimum absolute atomic E-state index is 0.0902. The molecule has 0 fully saturated rings. The van der Waals surface area contributed by atoms with Crippen molar-refractivity contribution in [1.82, 2.24) is 0 Å². The number of ether oxygens (including phenoxy) is 1. The van der Waals surface area contributed by atoms with Crippen LogP contribution in [-0.4, -0.2) is 12.1 Å². The molecule has 0 amide bonds. The molecular formula is C12H19NO2. The number of rotatable bonds is 6. The van der Waals surface area contributed by atoms with Gasteiger partial charge in [-0.2, -0.15) is 5.26 Å². The molecule has 1 unspecified atom stereocenters. The first kappa shape index (κ1) is 13.7. The number of hydrogen-bond donors (Lipinski definition) is 0. The van der Waals surface area contributed by atoms with Crippen LogP contribution in [-0.2, 0) is 9.53 Å². The molecule has 0 aliphatic carbocycles. The van der Waals surface area contributed by atoms with Gasteiger partial charge in [-0.1, -0.05) is 33.8 Å². The number of nitrogens with zero attached hydrogens (tertiary/aromatic N) is 1. The summed E-state index contributed by atoms with van der Waals surface area (Å²) in [5, 5.41) is 8.48. The molecule has 0 saturated heterocycles. The minimum Gasteiger partial charge on any atom is -0.458 e. The van der Waals surface area contributed by atoms with Gasteiger partial charge >= 0.3 is 5.97 Å². The van der Waals surface area contributed by atoms with Crippen LogP contribution in [0.25, 0.3) is 0 Å². The number of carbonyl (C=O) groups excluding carboxylic acids is 1. The van der Waals surface area contributed by atoms with Crippen LogP contribution in [0.2, 0.25) is 0 Å². The Bertz CT molecular complexity index is 263. The standard InChI is InChI=1S/C12H19NO2/c1-5-6-11(7-9(2)3)15-12(14)10(4)8-13/h9,11H,4-7H2,1-3H3. The molecule has 0 radical (unpaired) electrons. The van der Waals surface area contributed by atoms with Gasteiger partial charge in [0.25, 0.3) is 0 Å². The molecule has 0 spiro atoms. The van der Waals surface area contributed by atoms with E-state index >= 15 is 0 Å². The van der Waals surface area contributed by atoms with Gasteiger partial charge < -0.3 is 4.74 Å². The molecule has 3 heteroatoms. The maximum absolute atomic E-state index is 11.3. The van der Waals surface area contributed by atoms with E-state index in [1.807, 2.05) is 6.92 Å². The van der Waals surface area contributed by atoms with E-state index in [1.165, 1.54) is 0 Å². The van der Waals surface area contributed by atoms with Gasteiger partial charge in [0.1, 0.15) is 17.7 Å². The summed E-state index contributed by atoms with van der Waals surface area (Å²) in [4.78, 5) is 11.3. The van der Waals surface area contributed by atoms with Gasteiger partial charge in [-0.15, -0.1) is 0 Å². The topological polar surface area (TPSA) is 50.1 Å². The van der Waals surface area contributed by atoms with Crippen molar-refractivity contribution >= 4 is 5.97 Å². The highest BCUT2D eigenvalue weighted by Gasteiger charge is 2.16. The molecule has 1 atom stereocenters. The van der Waals surface area contributed by atoms with Crippen LogP contribution in [0.3, 0.4) is 0 Å². The van der Waals surface area contributed by atoms with E-state index in [0.29, 0.717) is 5.92 Å². The third-order valence-electron chi connectivity index (χ3n) is 2.00. The summed E-state index contributed by atoms with van der Waals surface area (Å²) in [5.41, 5.74) is -0.125. The smallest absolute Gasteiger partial charge is 0.348 e. The number of hydrogen-bond acceptors (Lipinski definition) is 3. The molecule has 0 aliphatic heterocycles. The lowest BCUT2D eigenvalue weighted by molar-refractivity contribution is -0.144. The Morgan fingerprint density at radius 2 is 2.13 bits per heavy atom. The number of nitriles is 1. The molecule has 0 aromatic carbocycles. The lowest BCUT2D eigenvalue weighted by atomic mass is 10.0. The van der Waals surface area contributed by atoms with Crippen molar-refractivity contribution in [2.24, 2.45) is 5.92 Å². The first-order chi connectivity index (χ1) is 7.01. The molecule has 0 aliphatic rings. The summed E-state index contributed by atoms with van der Waals surface area (Å²) in [6, 6.07) is 1.70. The molecule has 0 aromatic heterocycles. The Hall–Kier alpha value is -1.30. The predicted molar refractivity (Wildman–Crippen MR) is 59.0 cm³/mol. The summed E-state index contributed by atoms with van der Waals surface area (Å²) in [6.07, 6.45) is 2.54. The molecule has 0 bridgehead atoms. The first-order valence-corrected chi connectivity index (χ1v) is 5.31. The molecule has 0 aromatic rings. The lowest BCUT2D eigenvalue weighted by Crippen LogP contribution is -2.20. The van der Waals surface area contributed by atoms with E-state index < -0.39 is 5.97 Å². The van der Waals surface area contributed by atoms with Gasteiger partial charge in [-0.25, -0.2) is 4.79 Å². The molecule has 0 saturated carbocycles. The zero-order valence-electron chi connectivity index (χ0n) is 9.75. The van der Waals surface area contributed by atoms with E-state index in [2.05, 4.69) is 20.4 Å². The Labute approximate surface area is 91.7 Å². The monoisotopic (exact) mass is 209 g/mol. The van der Waals surface area contributed by atoms with E-state index in [9.17, 15) is 4.79 Å². The van der Waals surface area contributed by atoms with Crippen molar-refractivity contribution in [3.05, 3.63) is 12.2 Å². The number of esters is 1. The van der Waals surface area contributed by atoms with Gasteiger partial charge in [0.05, 0.1) is 0 Å². The van der Waals surface area contributed by atoms with Crippen LogP contribution in [0.1, 0.15) is 40.0 Å². The van der Waals surface area contributed by atoms with Crippen LogP contribution in [0.15, 0.2) is 12.2 Å². The normalized spacial score (nSPS) is 11.9. The van der Waals surface area contributed by atoms with Crippen LogP contribution >= 0.6 is 0 Å². The molecule has 15 heavy (non-hydrogen) atoms. The molecule has 84 valence electrons. The van der Waals surface area contributed by atoms with Gasteiger partial charge in [0, 0.05) is 0 Å². The molecule has 0 heterocycles. The molecular weight excluding hydrogens is 190 g/mol. The van der Waals surface area contributed by atoms with E-state index in [1.54, 1.807) is 6.07 Å².